The average Bonchev–Trinajstić information content (AvgIpc) is 2.23. The summed E-state index contributed by atoms with van der Waals surface area (Å²) >= 11 is 0. The summed E-state index contributed by atoms with van der Waals surface area (Å²) in [6.07, 6.45) is 0.428. The highest BCUT2D eigenvalue weighted by atomic mass is 16.1. The molecule has 0 fully saturated rings. The average molecular weight is 220 g/mol. The number of rotatable bonds is 4. The van der Waals surface area contributed by atoms with Gasteiger partial charge in [0.25, 0.3) is 0 Å². The molecule has 88 valence electrons. The molecule has 16 heavy (non-hydrogen) atoms. The van der Waals surface area contributed by atoms with Crippen molar-refractivity contribution in [3.63, 3.8) is 0 Å². The van der Waals surface area contributed by atoms with Crippen LogP contribution in [0.3, 0.4) is 0 Å². The summed E-state index contributed by atoms with van der Waals surface area (Å²) < 4.78 is 0. The molecule has 3 N–H and O–H groups in total. The standard InChI is InChI=1S/C13H20N2O/c1-9-4-5-10(2)12(6-9)7-13(16)15-11(3)8-14/h4-6,11H,7-8,14H2,1-3H3,(H,15,16)/t11-/m0/s1. The Morgan fingerprint density at radius 2 is 2.12 bits per heavy atom. The predicted molar refractivity (Wildman–Crippen MR) is 66.3 cm³/mol. The van der Waals surface area contributed by atoms with Crippen LogP contribution in [-0.2, 0) is 11.2 Å². The van der Waals surface area contributed by atoms with Crippen LogP contribution >= 0.6 is 0 Å². The van der Waals surface area contributed by atoms with E-state index >= 15 is 0 Å². The Morgan fingerprint density at radius 1 is 1.44 bits per heavy atom. The molecule has 0 heterocycles. The zero-order valence-corrected chi connectivity index (χ0v) is 10.2. The molecule has 0 saturated carbocycles. The minimum absolute atomic E-state index is 0.0339. The summed E-state index contributed by atoms with van der Waals surface area (Å²) in [4.78, 5) is 11.7. The van der Waals surface area contributed by atoms with Crippen LogP contribution in [0.5, 0.6) is 0 Å². The van der Waals surface area contributed by atoms with Crippen molar-refractivity contribution < 1.29 is 4.79 Å². The molecule has 0 aliphatic carbocycles. The van der Waals surface area contributed by atoms with Gasteiger partial charge in [-0.1, -0.05) is 23.8 Å². The minimum atomic E-state index is 0.0339. The summed E-state index contributed by atoms with van der Waals surface area (Å²) in [6.45, 7) is 6.43. The Bertz CT molecular complexity index is 374. The van der Waals surface area contributed by atoms with Gasteiger partial charge in [-0.3, -0.25) is 4.79 Å². The van der Waals surface area contributed by atoms with Crippen LogP contribution in [0.1, 0.15) is 23.6 Å². The lowest BCUT2D eigenvalue weighted by atomic mass is 10.0. The molecule has 0 radical (unpaired) electrons. The van der Waals surface area contributed by atoms with Gasteiger partial charge in [-0.05, 0) is 31.9 Å². The molecular weight excluding hydrogens is 200 g/mol. The van der Waals surface area contributed by atoms with Gasteiger partial charge in [0, 0.05) is 12.6 Å². The molecule has 0 aromatic heterocycles. The highest BCUT2D eigenvalue weighted by Crippen LogP contribution is 2.11. The van der Waals surface area contributed by atoms with E-state index in [0.717, 1.165) is 11.1 Å². The number of nitrogens with two attached hydrogens (primary N) is 1. The van der Waals surface area contributed by atoms with Crippen LogP contribution in [-0.4, -0.2) is 18.5 Å². The Labute approximate surface area is 97.0 Å². The van der Waals surface area contributed by atoms with Crippen molar-refractivity contribution >= 4 is 5.91 Å². The third-order valence-electron chi connectivity index (χ3n) is 2.62. The summed E-state index contributed by atoms with van der Waals surface area (Å²) in [6, 6.07) is 6.20. The van der Waals surface area contributed by atoms with Crippen molar-refractivity contribution in [3.8, 4) is 0 Å². The summed E-state index contributed by atoms with van der Waals surface area (Å²) in [5.41, 5.74) is 8.87. The van der Waals surface area contributed by atoms with Crippen LogP contribution in [0.4, 0.5) is 0 Å². The number of hydrogen-bond acceptors (Lipinski definition) is 2. The Hall–Kier alpha value is -1.35. The van der Waals surface area contributed by atoms with Crippen molar-refractivity contribution in [1.82, 2.24) is 5.32 Å². The first kappa shape index (κ1) is 12.7. The van der Waals surface area contributed by atoms with Gasteiger partial charge in [0.2, 0.25) is 5.91 Å². The second-order valence-corrected chi connectivity index (χ2v) is 4.31. The van der Waals surface area contributed by atoms with Gasteiger partial charge in [-0.25, -0.2) is 0 Å². The molecule has 0 saturated heterocycles. The molecule has 3 nitrogen and oxygen atoms in total. The van der Waals surface area contributed by atoms with E-state index < -0.39 is 0 Å². The van der Waals surface area contributed by atoms with E-state index in [-0.39, 0.29) is 11.9 Å². The number of benzene rings is 1. The number of nitrogens with one attached hydrogen (secondary N) is 1. The van der Waals surface area contributed by atoms with E-state index in [1.54, 1.807) is 0 Å². The zero-order valence-electron chi connectivity index (χ0n) is 10.2. The van der Waals surface area contributed by atoms with Gasteiger partial charge >= 0.3 is 0 Å². The lowest BCUT2D eigenvalue weighted by molar-refractivity contribution is -0.121. The summed E-state index contributed by atoms with van der Waals surface area (Å²) in [5.74, 6) is 0.0339. The normalized spacial score (nSPS) is 12.2. The molecule has 0 unspecified atom stereocenters. The number of carbonyl (C=O) groups is 1. The monoisotopic (exact) mass is 220 g/mol. The SMILES string of the molecule is Cc1ccc(C)c(CC(=O)N[C@@H](C)CN)c1. The van der Waals surface area contributed by atoms with E-state index in [2.05, 4.69) is 17.4 Å². The summed E-state index contributed by atoms with van der Waals surface area (Å²) in [7, 11) is 0. The first-order valence-corrected chi connectivity index (χ1v) is 5.58. The quantitative estimate of drug-likeness (QED) is 0.804. The lowest BCUT2D eigenvalue weighted by Crippen LogP contribution is -2.38. The molecule has 1 atom stereocenters. The van der Waals surface area contributed by atoms with Gasteiger partial charge in [-0.2, -0.15) is 0 Å². The van der Waals surface area contributed by atoms with Gasteiger partial charge in [-0.15, -0.1) is 0 Å². The molecule has 3 heteroatoms. The highest BCUT2D eigenvalue weighted by Gasteiger charge is 2.08. The van der Waals surface area contributed by atoms with Gasteiger partial charge in [0.05, 0.1) is 6.42 Å². The van der Waals surface area contributed by atoms with E-state index in [1.165, 1.54) is 5.56 Å². The molecule has 0 spiro atoms. The molecular formula is C13H20N2O. The topological polar surface area (TPSA) is 55.1 Å². The number of amides is 1. The van der Waals surface area contributed by atoms with Crippen LogP contribution in [0.2, 0.25) is 0 Å². The zero-order chi connectivity index (χ0) is 12.1. The van der Waals surface area contributed by atoms with Crippen LogP contribution in [0.15, 0.2) is 18.2 Å². The number of aryl methyl sites for hydroxylation is 2. The van der Waals surface area contributed by atoms with E-state index in [4.69, 9.17) is 5.73 Å². The number of carbonyl (C=O) groups excluding carboxylic acids is 1. The second kappa shape index (κ2) is 5.66. The fourth-order valence-corrected chi connectivity index (χ4v) is 1.55. The molecule has 1 rings (SSSR count). The van der Waals surface area contributed by atoms with Crippen molar-refractivity contribution in [2.24, 2.45) is 5.73 Å². The first-order valence-electron chi connectivity index (χ1n) is 5.58. The molecule has 0 aliphatic rings. The Morgan fingerprint density at radius 3 is 2.75 bits per heavy atom. The van der Waals surface area contributed by atoms with Crippen molar-refractivity contribution in [2.75, 3.05) is 6.54 Å². The van der Waals surface area contributed by atoms with Crippen LogP contribution in [0, 0.1) is 13.8 Å². The Kier molecular flexibility index (Phi) is 4.50. The first-order chi connectivity index (χ1) is 7.52. The van der Waals surface area contributed by atoms with Gasteiger partial charge < -0.3 is 11.1 Å². The van der Waals surface area contributed by atoms with Crippen molar-refractivity contribution in [3.05, 3.63) is 34.9 Å². The maximum atomic E-state index is 11.7. The highest BCUT2D eigenvalue weighted by molar-refractivity contribution is 5.79. The smallest absolute Gasteiger partial charge is 0.224 e. The third kappa shape index (κ3) is 3.66. The molecule has 1 aromatic carbocycles. The fourth-order valence-electron chi connectivity index (χ4n) is 1.55. The molecule has 1 aromatic rings. The third-order valence-corrected chi connectivity index (χ3v) is 2.62. The van der Waals surface area contributed by atoms with E-state index in [0.29, 0.717) is 13.0 Å². The predicted octanol–water partition coefficient (Wildman–Crippen LogP) is 1.31. The van der Waals surface area contributed by atoms with Gasteiger partial charge in [0.15, 0.2) is 0 Å². The van der Waals surface area contributed by atoms with Crippen LogP contribution in [0.25, 0.3) is 0 Å². The Balaban J connectivity index is 2.65. The lowest BCUT2D eigenvalue weighted by Gasteiger charge is -2.12. The largest absolute Gasteiger partial charge is 0.352 e. The second-order valence-electron chi connectivity index (χ2n) is 4.31. The maximum absolute atomic E-state index is 11.7. The van der Waals surface area contributed by atoms with Crippen LogP contribution < -0.4 is 11.1 Å². The fraction of sp³-hybridized carbons (Fsp3) is 0.462. The van der Waals surface area contributed by atoms with Crippen molar-refractivity contribution in [2.45, 2.75) is 33.2 Å². The van der Waals surface area contributed by atoms with Gasteiger partial charge in [0.1, 0.15) is 0 Å². The maximum Gasteiger partial charge on any atom is 0.224 e. The van der Waals surface area contributed by atoms with E-state index in [1.807, 2.05) is 26.8 Å². The molecule has 0 bridgehead atoms. The molecule has 0 aliphatic heterocycles. The number of hydrogen-bond donors (Lipinski definition) is 2. The summed E-state index contributed by atoms with van der Waals surface area (Å²) in [5, 5.41) is 2.86. The van der Waals surface area contributed by atoms with E-state index in [9.17, 15) is 4.79 Å². The minimum Gasteiger partial charge on any atom is -0.352 e. The van der Waals surface area contributed by atoms with Crippen molar-refractivity contribution in [1.29, 1.82) is 0 Å². The molecule has 1 amide bonds.